The van der Waals surface area contributed by atoms with Crippen molar-refractivity contribution in [3.05, 3.63) is 34.3 Å². The summed E-state index contributed by atoms with van der Waals surface area (Å²) in [6.45, 7) is 1.92. The van der Waals surface area contributed by atoms with E-state index in [-0.39, 0.29) is 5.84 Å². The van der Waals surface area contributed by atoms with Gasteiger partial charge in [-0.15, -0.1) is 0 Å². The highest BCUT2D eigenvalue weighted by molar-refractivity contribution is 6.31. The van der Waals surface area contributed by atoms with Gasteiger partial charge in [0.25, 0.3) is 0 Å². The predicted octanol–water partition coefficient (Wildman–Crippen LogP) is 1.51. The van der Waals surface area contributed by atoms with E-state index in [0.717, 1.165) is 5.56 Å². The summed E-state index contributed by atoms with van der Waals surface area (Å²) in [5, 5.41) is 7.77. The highest BCUT2D eigenvalue weighted by Crippen LogP contribution is 2.13. The number of hydrogen-bond acceptors (Lipinski definition) is 2. The van der Waals surface area contributed by atoms with Crippen molar-refractivity contribution in [2.24, 2.45) is 11.5 Å². The molecule has 0 spiro atoms. The zero-order chi connectivity index (χ0) is 10.4. The molecule has 0 heterocycles. The third-order valence-corrected chi connectivity index (χ3v) is 1.57. The van der Waals surface area contributed by atoms with Gasteiger partial charge in [-0.2, -0.15) is 0 Å². The highest BCUT2D eigenvalue weighted by Gasteiger charge is 1.98. The molecule has 1 rings (SSSR count). The largest absolute Gasteiger partial charge is 0.384 e. The first-order valence-electron chi connectivity index (χ1n) is 3.79. The van der Waals surface area contributed by atoms with Crippen molar-refractivity contribution in [3.63, 3.8) is 0 Å². The van der Waals surface area contributed by atoms with Crippen molar-refractivity contribution >= 4 is 17.4 Å². The maximum atomic E-state index is 7.15. The maximum absolute atomic E-state index is 7.15. The molecule has 3 nitrogen and oxygen atoms in total. The molecule has 1 aromatic rings. The highest BCUT2D eigenvalue weighted by atomic mass is 35.5. The molecule has 72 valence electrons. The molecule has 0 saturated carbocycles. The molecule has 13 heavy (non-hydrogen) atoms. The molecular formula is C9H14ClN3. The topological polar surface area (TPSA) is 75.9 Å². The molecule has 0 aliphatic rings. The Kier molecular flexibility index (Phi) is 5.11. The first-order valence-corrected chi connectivity index (χ1v) is 4.17. The van der Waals surface area contributed by atoms with Gasteiger partial charge in [0, 0.05) is 10.6 Å². The quantitative estimate of drug-likeness (QED) is 0.474. The lowest BCUT2D eigenvalue weighted by molar-refractivity contribution is 1.39. The van der Waals surface area contributed by atoms with E-state index in [1.807, 2.05) is 19.1 Å². The lowest BCUT2D eigenvalue weighted by atomic mass is 10.1. The lowest BCUT2D eigenvalue weighted by Crippen LogP contribution is -2.10. The van der Waals surface area contributed by atoms with Gasteiger partial charge in [0.1, 0.15) is 5.84 Å². The number of amidine groups is 1. The normalized spacial score (nSPS) is 8.62. The third-order valence-electron chi connectivity index (χ3n) is 1.35. The summed E-state index contributed by atoms with van der Waals surface area (Å²) in [7, 11) is 1.50. The van der Waals surface area contributed by atoms with Gasteiger partial charge >= 0.3 is 0 Å². The van der Waals surface area contributed by atoms with E-state index < -0.39 is 0 Å². The van der Waals surface area contributed by atoms with Crippen LogP contribution in [0.4, 0.5) is 0 Å². The van der Waals surface area contributed by atoms with Gasteiger partial charge < -0.3 is 11.5 Å². The van der Waals surface area contributed by atoms with Crippen LogP contribution in [-0.2, 0) is 0 Å². The van der Waals surface area contributed by atoms with Crippen molar-refractivity contribution in [1.29, 1.82) is 5.41 Å². The molecule has 0 bridgehead atoms. The summed E-state index contributed by atoms with van der Waals surface area (Å²) in [4.78, 5) is 0. The fourth-order valence-electron chi connectivity index (χ4n) is 0.892. The summed E-state index contributed by atoms with van der Waals surface area (Å²) in [6.07, 6.45) is 0. The predicted molar refractivity (Wildman–Crippen MR) is 57.3 cm³/mol. The van der Waals surface area contributed by atoms with Crippen molar-refractivity contribution < 1.29 is 0 Å². The van der Waals surface area contributed by atoms with E-state index >= 15 is 0 Å². The van der Waals surface area contributed by atoms with Crippen LogP contribution in [0.5, 0.6) is 0 Å². The molecule has 0 fully saturated rings. The van der Waals surface area contributed by atoms with Crippen molar-refractivity contribution in [2.75, 3.05) is 7.05 Å². The van der Waals surface area contributed by atoms with Crippen LogP contribution < -0.4 is 11.5 Å². The zero-order valence-corrected chi connectivity index (χ0v) is 8.52. The monoisotopic (exact) mass is 199 g/mol. The molecule has 4 heteroatoms. The Labute approximate surface area is 83.2 Å². The fourth-order valence-corrected chi connectivity index (χ4v) is 1.18. The molecule has 0 aliphatic carbocycles. The average Bonchev–Trinajstić information content (AvgIpc) is 2.06. The second-order valence-corrected chi connectivity index (χ2v) is 2.87. The minimum atomic E-state index is 0.0515. The van der Waals surface area contributed by atoms with Crippen LogP contribution in [0.25, 0.3) is 0 Å². The van der Waals surface area contributed by atoms with Crippen LogP contribution in [-0.4, -0.2) is 12.9 Å². The SMILES string of the molecule is CN.Cc1cc(Cl)cc(C(=N)N)c1. The van der Waals surface area contributed by atoms with E-state index in [2.05, 4.69) is 5.73 Å². The first-order chi connectivity index (χ1) is 6.09. The van der Waals surface area contributed by atoms with Gasteiger partial charge in [0.15, 0.2) is 0 Å². The number of nitrogen functional groups attached to an aromatic ring is 1. The molecule has 0 aliphatic heterocycles. The van der Waals surface area contributed by atoms with Crippen LogP contribution in [0.3, 0.4) is 0 Å². The maximum Gasteiger partial charge on any atom is 0.122 e. The summed E-state index contributed by atoms with van der Waals surface area (Å²) in [5.74, 6) is 0.0515. The lowest BCUT2D eigenvalue weighted by Gasteiger charge is -2.00. The van der Waals surface area contributed by atoms with Crippen LogP contribution in [0, 0.1) is 12.3 Å². The van der Waals surface area contributed by atoms with Gasteiger partial charge in [-0.05, 0) is 37.7 Å². The number of nitrogens with two attached hydrogens (primary N) is 2. The Balaban J connectivity index is 0.000000671. The summed E-state index contributed by atoms with van der Waals surface area (Å²) < 4.78 is 0. The Morgan fingerprint density at radius 2 is 1.85 bits per heavy atom. The molecule has 0 radical (unpaired) electrons. The van der Waals surface area contributed by atoms with Crippen LogP contribution in [0.15, 0.2) is 18.2 Å². The van der Waals surface area contributed by atoms with Crippen LogP contribution in [0.2, 0.25) is 5.02 Å². The second kappa shape index (κ2) is 5.56. The Morgan fingerprint density at radius 1 is 1.31 bits per heavy atom. The van der Waals surface area contributed by atoms with Gasteiger partial charge in [-0.3, -0.25) is 5.41 Å². The molecule has 5 N–H and O–H groups in total. The van der Waals surface area contributed by atoms with Crippen molar-refractivity contribution in [3.8, 4) is 0 Å². The van der Waals surface area contributed by atoms with E-state index in [9.17, 15) is 0 Å². The van der Waals surface area contributed by atoms with Crippen molar-refractivity contribution in [1.82, 2.24) is 0 Å². The van der Waals surface area contributed by atoms with Gasteiger partial charge in [0.2, 0.25) is 0 Å². The first kappa shape index (κ1) is 11.9. The number of rotatable bonds is 1. The number of nitrogens with one attached hydrogen (secondary N) is 1. The summed E-state index contributed by atoms with van der Waals surface area (Å²) in [5.41, 5.74) is 11.5. The smallest absolute Gasteiger partial charge is 0.122 e. The molecule has 0 amide bonds. The number of hydrogen-bond donors (Lipinski definition) is 3. The van der Waals surface area contributed by atoms with Gasteiger partial charge in [0.05, 0.1) is 0 Å². The summed E-state index contributed by atoms with van der Waals surface area (Å²) in [6, 6.07) is 5.33. The van der Waals surface area contributed by atoms with E-state index in [4.69, 9.17) is 22.7 Å². The molecule has 0 unspecified atom stereocenters. The minimum Gasteiger partial charge on any atom is -0.384 e. The van der Waals surface area contributed by atoms with Crippen LogP contribution >= 0.6 is 11.6 Å². The molecule has 0 saturated heterocycles. The number of halogens is 1. The number of benzene rings is 1. The van der Waals surface area contributed by atoms with E-state index in [1.54, 1.807) is 6.07 Å². The van der Waals surface area contributed by atoms with Gasteiger partial charge in [-0.1, -0.05) is 11.6 Å². The zero-order valence-electron chi connectivity index (χ0n) is 7.76. The standard InChI is InChI=1S/C8H9ClN2.CH5N/c1-5-2-6(8(10)11)4-7(9)3-5;1-2/h2-4H,1H3,(H3,10,11);2H2,1H3. The number of aryl methyl sites for hydroxylation is 1. The van der Waals surface area contributed by atoms with E-state index in [0.29, 0.717) is 10.6 Å². The molecular weight excluding hydrogens is 186 g/mol. The van der Waals surface area contributed by atoms with E-state index in [1.165, 1.54) is 7.05 Å². The second-order valence-electron chi connectivity index (χ2n) is 2.43. The molecule has 0 atom stereocenters. The minimum absolute atomic E-state index is 0.0515. The van der Waals surface area contributed by atoms with Crippen LogP contribution in [0.1, 0.15) is 11.1 Å². The van der Waals surface area contributed by atoms with Crippen molar-refractivity contribution in [2.45, 2.75) is 6.92 Å². The third kappa shape index (κ3) is 3.92. The molecule has 1 aromatic carbocycles. The molecule has 0 aromatic heterocycles. The Hall–Kier alpha value is -1.06. The fraction of sp³-hybridized carbons (Fsp3) is 0.222. The summed E-state index contributed by atoms with van der Waals surface area (Å²) >= 11 is 5.74. The average molecular weight is 200 g/mol. The van der Waals surface area contributed by atoms with Gasteiger partial charge in [-0.25, -0.2) is 0 Å². The Morgan fingerprint density at radius 3 is 2.23 bits per heavy atom. The Bertz CT molecular complexity index is 277.